The van der Waals surface area contributed by atoms with Gasteiger partial charge >= 0.3 is 0 Å². The van der Waals surface area contributed by atoms with Crippen molar-refractivity contribution in [1.29, 1.82) is 0 Å². The summed E-state index contributed by atoms with van der Waals surface area (Å²) in [6.07, 6.45) is 9.80. The Morgan fingerprint density at radius 3 is 3.05 bits per heavy atom. The summed E-state index contributed by atoms with van der Waals surface area (Å²) >= 11 is 0. The first-order valence-electron chi connectivity index (χ1n) is 8.26. The third kappa shape index (κ3) is 5.29. The standard InChI is InChI=1S/C17H28N2O2/c1-3-9-20-16-11-14(12-18-13-16)17(19-4-2)8-7-15-6-5-10-21-15/h11-13,15,17,19H,3-10H2,1-2H3. The molecule has 0 spiro atoms. The van der Waals surface area contributed by atoms with E-state index in [4.69, 9.17) is 9.47 Å². The van der Waals surface area contributed by atoms with Gasteiger partial charge in [-0.3, -0.25) is 4.98 Å². The zero-order chi connectivity index (χ0) is 14.9. The van der Waals surface area contributed by atoms with Gasteiger partial charge in [-0.1, -0.05) is 13.8 Å². The lowest BCUT2D eigenvalue weighted by atomic mass is 10.0. The molecule has 1 fully saturated rings. The number of rotatable bonds is 9. The SMILES string of the molecule is CCCOc1cncc(C(CCC2CCCO2)NCC)c1. The van der Waals surface area contributed by atoms with Crippen LogP contribution in [0.25, 0.3) is 0 Å². The number of pyridine rings is 1. The van der Waals surface area contributed by atoms with Crippen LogP contribution in [0.15, 0.2) is 18.5 Å². The topological polar surface area (TPSA) is 43.4 Å². The molecule has 2 unspecified atom stereocenters. The molecule has 2 rings (SSSR count). The highest BCUT2D eigenvalue weighted by molar-refractivity contribution is 5.26. The Hall–Kier alpha value is -1.13. The maximum absolute atomic E-state index is 5.73. The number of nitrogens with zero attached hydrogens (tertiary/aromatic N) is 1. The Balaban J connectivity index is 1.95. The summed E-state index contributed by atoms with van der Waals surface area (Å²) in [5.41, 5.74) is 1.21. The van der Waals surface area contributed by atoms with E-state index < -0.39 is 0 Å². The maximum Gasteiger partial charge on any atom is 0.137 e. The van der Waals surface area contributed by atoms with E-state index in [0.717, 1.165) is 44.8 Å². The molecule has 0 bridgehead atoms. The van der Waals surface area contributed by atoms with Gasteiger partial charge in [0, 0.05) is 18.8 Å². The Kier molecular flexibility index (Phi) is 6.96. The third-order valence-corrected chi connectivity index (χ3v) is 3.86. The van der Waals surface area contributed by atoms with Gasteiger partial charge in [0.15, 0.2) is 0 Å². The molecule has 2 atom stereocenters. The van der Waals surface area contributed by atoms with Crippen molar-refractivity contribution in [3.05, 3.63) is 24.0 Å². The Labute approximate surface area is 128 Å². The molecule has 118 valence electrons. The van der Waals surface area contributed by atoms with E-state index in [1.807, 2.05) is 6.20 Å². The van der Waals surface area contributed by atoms with Crippen molar-refractivity contribution in [2.75, 3.05) is 19.8 Å². The van der Waals surface area contributed by atoms with E-state index in [2.05, 4.69) is 30.2 Å². The predicted molar refractivity (Wildman–Crippen MR) is 84.6 cm³/mol. The number of hydrogen-bond donors (Lipinski definition) is 1. The van der Waals surface area contributed by atoms with Crippen LogP contribution in [0.1, 0.15) is 57.6 Å². The highest BCUT2D eigenvalue weighted by Crippen LogP contribution is 2.25. The second-order valence-electron chi connectivity index (χ2n) is 5.63. The lowest BCUT2D eigenvalue weighted by Gasteiger charge is -2.20. The summed E-state index contributed by atoms with van der Waals surface area (Å²) in [5.74, 6) is 0.870. The molecule has 1 saturated heterocycles. The van der Waals surface area contributed by atoms with Crippen molar-refractivity contribution in [3.63, 3.8) is 0 Å². The minimum absolute atomic E-state index is 0.330. The Bertz CT molecular complexity index is 406. The second kappa shape index (κ2) is 9.00. The molecule has 4 nitrogen and oxygen atoms in total. The molecule has 1 N–H and O–H groups in total. The quantitative estimate of drug-likeness (QED) is 0.756. The van der Waals surface area contributed by atoms with Gasteiger partial charge in [0.2, 0.25) is 0 Å². The zero-order valence-corrected chi connectivity index (χ0v) is 13.3. The lowest BCUT2D eigenvalue weighted by Crippen LogP contribution is -2.22. The van der Waals surface area contributed by atoms with Crippen LogP contribution in [0.4, 0.5) is 0 Å². The number of ether oxygens (including phenoxy) is 2. The van der Waals surface area contributed by atoms with Gasteiger partial charge in [-0.15, -0.1) is 0 Å². The van der Waals surface area contributed by atoms with Gasteiger partial charge in [0.1, 0.15) is 5.75 Å². The monoisotopic (exact) mass is 292 g/mol. The van der Waals surface area contributed by atoms with Gasteiger partial charge in [0.05, 0.1) is 18.9 Å². The van der Waals surface area contributed by atoms with Gasteiger partial charge in [-0.25, -0.2) is 0 Å². The molecule has 0 saturated carbocycles. The highest BCUT2D eigenvalue weighted by atomic mass is 16.5. The summed E-state index contributed by atoms with van der Waals surface area (Å²) in [5, 5.41) is 3.56. The molecular formula is C17H28N2O2. The predicted octanol–water partition coefficient (Wildman–Crippen LogP) is 3.48. The van der Waals surface area contributed by atoms with Gasteiger partial charge in [0.25, 0.3) is 0 Å². The largest absolute Gasteiger partial charge is 0.492 e. The van der Waals surface area contributed by atoms with E-state index in [1.165, 1.54) is 18.4 Å². The van der Waals surface area contributed by atoms with E-state index in [9.17, 15) is 0 Å². The van der Waals surface area contributed by atoms with Crippen LogP contribution in [0.2, 0.25) is 0 Å². The van der Waals surface area contributed by atoms with Crippen molar-refractivity contribution in [3.8, 4) is 5.75 Å². The molecule has 2 heterocycles. The van der Waals surface area contributed by atoms with Crippen LogP contribution < -0.4 is 10.1 Å². The molecule has 0 radical (unpaired) electrons. The molecule has 21 heavy (non-hydrogen) atoms. The molecule has 0 amide bonds. The Morgan fingerprint density at radius 1 is 1.43 bits per heavy atom. The van der Waals surface area contributed by atoms with Crippen molar-refractivity contribution >= 4 is 0 Å². The normalized spacial score (nSPS) is 19.6. The summed E-state index contributed by atoms with van der Waals surface area (Å²) < 4.78 is 11.4. The van der Waals surface area contributed by atoms with E-state index in [-0.39, 0.29) is 0 Å². The molecule has 1 aliphatic rings. The van der Waals surface area contributed by atoms with Crippen molar-refractivity contribution in [2.45, 2.75) is 58.1 Å². The average Bonchev–Trinajstić information content (AvgIpc) is 3.03. The van der Waals surface area contributed by atoms with Gasteiger partial charge in [-0.05, 0) is 50.3 Å². The molecule has 1 aromatic rings. The molecule has 0 aliphatic carbocycles. The van der Waals surface area contributed by atoms with Crippen molar-refractivity contribution in [2.24, 2.45) is 0 Å². The molecule has 4 heteroatoms. The van der Waals surface area contributed by atoms with Crippen LogP contribution in [-0.2, 0) is 4.74 Å². The first-order valence-corrected chi connectivity index (χ1v) is 8.26. The Morgan fingerprint density at radius 2 is 2.33 bits per heavy atom. The first kappa shape index (κ1) is 16.2. The first-order chi connectivity index (χ1) is 10.3. The minimum atomic E-state index is 0.330. The summed E-state index contributed by atoms with van der Waals surface area (Å²) in [7, 11) is 0. The smallest absolute Gasteiger partial charge is 0.137 e. The van der Waals surface area contributed by atoms with E-state index >= 15 is 0 Å². The van der Waals surface area contributed by atoms with Crippen LogP contribution in [0, 0.1) is 0 Å². The highest BCUT2D eigenvalue weighted by Gasteiger charge is 2.19. The van der Waals surface area contributed by atoms with Crippen LogP contribution in [0.3, 0.4) is 0 Å². The fourth-order valence-electron chi connectivity index (χ4n) is 2.78. The van der Waals surface area contributed by atoms with Gasteiger partial charge < -0.3 is 14.8 Å². The summed E-state index contributed by atoms with van der Waals surface area (Å²) in [6.45, 7) is 6.88. The summed E-state index contributed by atoms with van der Waals surface area (Å²) in [6, 6.07) is 2.45. The molecule has 1 aliphatic heterocycles. The van der Waals surface area contributed by atoms with Crippen molar-refractivity contribution < 1.29 is 9.47 Å². The summed E-state index contributed by atoms with van der Waals surface area (Å²) in [4.78, 5) is 4.32. The van der Waals surface area contributed by atoms with E-state index in [1.54, 1.807) is 6.20 Å². The molecule has 0 aromatic carbocycles. The zero-order valence-electron chi connectivity index (χ0n) is 13.3. The van der Waals surface area contributed by atoms with E-state index in [0.29, 0.717) is 12.1 Å². The van der Waals surface area contributed by atoms with Crippen LogP contribution in [0.5, 0.6) is 5.75 Å². The molecule has 1 aromatic heterocycles. The maximum atomic E-state index is 5.73. The average molecular weight is 292 g/mol. The van der Waals surface area contributed by atoms with Crippen LogP contribution in [-0.4, -0.2) is 30.8 Å². The number of nitrogens with one attached hydrogen (secondary N) is 1. The van der Waals surface area contributed by atoms with Crippen LogP contribution >= 0.6 is 0 Å². The third-order valence-electron chi connectivity index (χ3n) is 3.86. The fraction of sp³-hybridized carbons (Fsp3) is 0.706. The number of aromatic nitrogens is 1. The number of hydrogen-bond acceptors (Lipinski definition) is 4. The minimum Gasteiger partial charge on any atom is -0.492 e. The molecular weight excluding hydrogens is 264 g/mol. The van der Waals surface area contributed by atoms with Gasteiger partial charge in [-0.2, -0.15) is 0 Å². The second-order valence-corrected chi connectivity index (χ2v) is 5.63. The fourth-order valence-corrected chi connectivity index (χ4v) is 2.78. The lowest BCUT2D eigenvalue weighted by molar-refractivity contribution is 0.0996. The van der Waals surface area contributed by atoms with Crippen molar-refractivity contribution in [1.82, 2.24) is 10.3 Å².